The van der Waals surface area contributed by atoms with Crippen molar-refractivity contribution in [2.75, 3.05) is 6.61 Å². The van der Waals surface area contributed by atoms with Gasteiger partial charge in [-0.3, -0.25) is 4.99 Å². The van der Waals surface area contributed by atoms with Crippen LogP contribution in [0.2, 0.25) is 0 Å². The van der Waals surface area contributed by atoms with E-state index in [0.717, 1.165) is 25.1 Å². The van der Waals surface area contributed by atoms with Crippen molar-refractivity contribution in [2.45, 2.75) is 18.9 Å². The van der Waals surface area contributed by atoms with E-state index in [-0.39, 0.29) is 6.10 Å². The summed E-state index contributed by atoms with van der Waals surface area (Å²) in [6, 6.07) is 2.17. The Morgan fingerprint density at radius 2 is 2.50 bits per heavy atom. The normalized spacial score (nSPS) is 24.9. The first kappa shape index (κ1) is 8.38. The second-order valence-corrected chi connectivity index (χ2v) is 4.48. The molecule has 0 N–H and O–H groups in total. The first-order chi connectivity index (χ1) is 6.95. The summed E-state index contributed by atoms with van der Waals surface area (Å²) in [5.74, 6) is 0. The number of hydrogen-bond acceptors (Lipinski definition) is 3. The lowest BCUT2D eigenvalue weighted by Gasteiger charge is -2.22. The van der Waals surface area contributed by atoms with Crippen LogP contribution in [0, 0.1) is 0 Å². The fraction of sp³-hybridized carbons (Fsp3) is 0.364. The molecule has 3 heteroatoms. The summed E-state index contributed by atoms with van der Waals surface area (Å²) in [5.41, 5.74) is 2.41. The molecule has 0 radical (unpaired) electrons. The van der Waals surface area contributed by atoms with Crippen molar-refractivity contribution in [2.24, 2.45) is 4.99 Å². The van der Waals surface area contributed by atoms with E-state index in [1.807, 2.05) is 17.6 Å². The molecule has 0 aliphatic carbocycles. The summed E-state index contributed by atoms with van der Waals surface area (Å²) in [7, 11) is 0. The van der Waals surface area contributed by atoms with Crippen molar-refractivity contribution >= 4 is 17.6 Å². The fourth-order valence-corrected chi connectivity index (χ4v) is 2.84. The standard InChI is InChI=1S/C11H11NOS/c1-2-9(12-5-1)11-8-4-7-14-10(8)3-6-13-11/h2,4-5,7,11H,1,3,6H2. The lowest BCUT2D eigenvalue weighted by Crippen LogP contribution is -2.14. The average molecular weight is 205 g/mol. The van der Waals surface area contributed by atoms with Crippen LogP contribution in [0.5, 0.6) is 0 Å². The topological polar surface area (TPSA) is 21.6 Å². The summed E-state index contributed by atoms with van der Waals surface area (Å²) >= 11 is 1.83. The minimum atomic E-state index is 0.101. The van der Waals surface area contributed by atoms with Crippen molar-refractivity contribution in [3.8, 4) is 0 Å². The molecule has 3 heterocycles. The van der Waals surface area contributed by atoms with Gasteiger partial charge >= 0.3 is 0 Å². The molecule has 14 heavy (non-hydrogen) atoms. The Morgan fingerprint density at radius 3 is 3.36 bits per heavy atom. The third kappa shape index (κ3) is 1.24. The SMILES string of the molecule is C1=NC(C2OCCc3sccc32)=CC1. The van der Waals surface area contributed by atoms with Gasteiger partial charge in [-0.15, -0.1) is 11.3 Å². The second kappa shape index (κ2) is 3.33. The fourth-order valence-electron chi connectivity index (χ4n) is 1.95. The number of rotatable bonds is 1. The number of fused-ring (bicyclic) bond motifs is 1. The van der Waals surface area contributed by atoms with Crippen molar-refractivity contribution in [1.82, 2.24) is 0 Å². The van der Waals surface area contributed by atoms with E-state index >= 15 is 0 Å². The van der Waals surface area contributed by atoms with Crippen LogP contribution < -0.4 is 0 Å². The van der Waals surface area contributed by atoms with E-state index in [2.05, 4.69) is 22.5 Å². The molecule has 0 spiro atoms. The molecule has 72 valence electrons. The van der Waals surface area contributed by atoms with Crippen molar-refractivity contribution in [3.63, 3.8) is 0 Å². The number of nitrogens with zero attached hydrogens (tertiary/aromatic N) is 1. The highest BCUT2D eigenvalue weighted by Gasteiger charge is 2.25. The van der Waals surface area contributed by atoms with E-state index in [1.165, 1.54) is 10.4 Å². The first-order valence-electron chi connectivity index (χ1n) is 4.85. The largest absolute Gasteiger partial charge is 0.367 e. The predicted molar refractivity (Wildman–Crippen MR) is 57.9 cm³/mol. The Bertz CT molecular complexity index is 405. The maximum absolute atomic E-state index is 5.77. The third-order valence-corrected chi connectivity index (χ3v) is 3.61. The van der Waals surface area contributed by atoms with Crippen LogP contribution in [0.25, 0.3) is 0 Å². The highest BCUT2D eigenvalue weighted by Crippen LogP contribution is 2.36. The lowest BCUT2D eigenvalue weighted by atomic mass is 10.0. The van der Waals surface area contributed by atoms with E-state index in [4.69, 9.17) is 4.74 Å². The molecule has 1 aromatic heterocycles. The minimum absolute atomic E-state index is 0.101. The van der Waals surface area contributed by atoms with Gasteiger partial charge in [-0.25, -0.2) is 0 Å². The maximum Gasteiger partial charge on any atom is 0.125 e. The molecule has 2 nitrogen and oxygen atoms in total. The molecular weight excluding hydrogens is 194 g/mol. The lowest BCUT2D eigenvalue weighted by molar-refractivity contribution is 0.0679. The number of hydrogen-bond donors (Lipinski definition) is 0. The summed E-state index contributed by atoms with van der Waals surface area (Å²) in [6.07, 6.45) is 6.20. The maximum atomic E-state index is 5.77. The van der Waals surface area contributed by atoms with Crippen LogP contribution in [0.4, 0.5) is 0 Å². The Hall–Kier alpha value is -0.930. The Kier molecular flexibility index (Phi) is 2.00. The van der Waals surface area contributed by atoms with Crippen LogP contribution in [0.15, 0.2) is 28.2 Å². The van der Waals surface area contributed by atoms with Gasteiger partial charge in [0.1, 0.15) is 6.10 Å². The molecule has 0 amide bonds. The quantitative estimate of drug-likeness (QED) is 0.690. The average Bonchev–Trinajstić information content (AvgIpc) is 2.88. The van der Waals surface area contributed by atoms with E-state index in [9.17, 15) is 0 Å². The van der Waals surface area contributed by atoms with Crippen molar-refractivity contribution < 1.29 is 4.74 Å². The highest BCUT2D eigenvalue weighted by atomic mass is 32.1. The number of thiophene rings is 1. The van der Waals surface area contributed by atoms with Gasteiger partial charge in [0.05, 0.1) is 12.3 Å². The Morgan fingerprint density at radius 1 is 1.50 bits per heavy atom. The van der Waals surface area contributed by atoms with Crippen LogP contribution >= 0.6 is 11.3 Å². The first-order valence-corrected chi connectivity index (χ1v) is 5.73. The number of allylic oxidation sites excluding steroid dienone is 1. The monoisotopic (exact) mass is 205 g/mol. The van der Waals surface area contributed by atoms with Gasteiger partial charge in [-0.1, -0.05) is 6.08 Å². The third-order valence-electron chi connectivity index (χ3n) is 2.62. The zero-order chi connectivity index (χ0) is 9.38. The van der Waals surface area contributed by atoms with Crippen LogP contribution in [0.1, 0.15) is 23.0 Å². The van der Waals surface area contributed by atoms with Gasteiger partial charge in [-0.2, -0.15) is 0 Å². The van der Waals surface area contributed by atoms with Gasteiger partial charge < -0.3 is 4.74 Å². The van der Waals surface area contributed by atoms with E-state index in [1.54, 1.807) is 0 Å². The molecule has 1 atom stereocenters. The van der Waals surface area contributed by atoms with Gasteiger partial charge in [0.2, 0.25) is 0 Å². The summed E-state index contributed by atoms with van der Waals surface area (Å²) < 4.78 is 5.77. The summed E-state index contributed by atoms with van der Waals surface area (Å²) in [5, 5.41) is 2.14. The summed E-state index contributed by atoms with van der Waals surface area (Å²) in [4.78, 5) is 5.82. The van der Waals surface area contributed by atoms with Crippen molar-refractivity contribution in [3.05, 3.63) is 33.7 Å². The van der Waals surface area contributed by atoms with Gasteiger partial charge in [0, 0.05) is 29.5 Å². The van der Waals surface area contributed by atoms with Gasteiger partial charge in [0.15, 0.2) is 0 Å². The van der Waals surface area contributed by atoms with Gasteiger partial charge in [0.25, 0.3) is 0 Å². The number of ether oxygens (including phenoxy) is 1. The molecule has 2 aliphatic heterocycles. The molecule has 0 bridgehead atoms. The molecule has 0 saturated carbocycles. The number of aliphatic imine (C=N–C) groups is 1. The Labute approximate surface area is 86.9 Å². The molecule has 3 rings (SSSR count). The highest BCUT2D eigenvalue weighted by molar-refractivity contribution is 7.10. The van der Waals surface area contributed by atoms with E-state index in [0.29, 0.717) is 0 Å². The zero-order valence-electron chi connectivity index (χ0n) is 7.77. The molecular formula is C11H11NOS. The van der Waals surface area contributed by atoms with Gasteiger partial charge in [-0.05, 0) is 11.4 Å². The molecule has 2 aliphatic rings. The molecule has 0 aromatic carbocycles. The Balaban J connectivity index is 1.99. The molecule has 0 saturated heterocycles. The van der Waals surface area contributed by atoms with Crippen molar-refractivity contribution in [1.29, 1.82) is 0 Å². The summed E-state index contributed by atoms with van der Waals surface area (Å²) in [6.45, 7) is 0.824. The van der Waals surface area contributed by atoms with Crippen LogP contribution in [0.3, 0.4) is 0 Å². The molecule has 0 fully saturated rings. The van der Waals surface area contributed by atoms with Crippen LogP contribution in [-0.2, 0) is 11.2 Å². The van der Waals surface area contributed by atoms with Crippen LogP contribution in [-0.4, -0.2) is 12.8 Å². The minimum Gasteiger partial charge on any atom is -0.367 e. The molecule has 1 aromatic rings. The zero-order valence-corrected chi connectivity index (χ0v) is 8.59. The second-order valence-electron chi connectivity index (χ2n) is 3.48. The molecule has 1 unspecified atom stereocenters. The smallest absolute Gasteiger partial charge is 0.125 e. The van der Waals surface area contributed by atoms with E-state index < -0.39 is 0 Å². The predicted octanol–water partition coefficient (Wildman–Crippen LogP) is 2.72.